The van der Waals surface area contributed by atoms with Crippen molar-refractivity contribution in [2.75, 3.05) is 20.6 Å². The highest BCUT2D eigenvalue weighted by atomic mass is 16.2. The van der Waals surface area contributed by atoms with E-state index in [1.54, 1.807) is 23.9 Å². The maximum Gasteiger partial charge on any atom is 0.219 e. The Hall–Kier alpha value is -1.06. The molecule has 0 aromatic heterocycles. The van der Waals surface area contributed by atoms with E-state index in [2.05, 4.69) is 0 Å². The first-order chi connectivity index (χ1) is 5.86. The van der Waals surface area contributed by atoms with Gasteiger partial charge in [0.05, 0.1) is 0 Å². The summed E-state index contributed by atoms with van der Waals surface area (Å²) in [6.45, 7) is 5.52. The Labute approximate surface area is 79.5 Å². The number of hydrogen-bond donors (Lipinski definition) is 0. The van der Waals surface area contributed by atoms with E-state index in [9.17, 15) is 9.59 Å². The summed E-state index contributed by atoms with van der Waals surface area (Å²) < 4.78 is 0. The van der Waals surface area contributed by atoms with Gasteiger partial charge in [0.25, 0.3) is 0 Å². The molecule has 4 heteroatoms. The topological polar surface area (TPSA) is 40.6 Å². The molecule has 13 heavy (non-hydrogen) atoms. The van der Waals surface area contributed by atoms with Crippen molar-refractivity contribution < 1.29 is 9.59 Å². The van der Waals surface area contributed by atoms with Crippen LogP contribution in [0.2, 0.25) is 0 Å². The van der Waals surface area contributed by atoms with Gasteiger partial charge < -0.3 is 9.80 Å². The van der Waals surface area contributed by atoms with E-state index < -0.39 is 0 Å². The van der Waals surface area contributed by atoms with Crippen LogP contribution in [0.5, 0.6) is 0 Å². The van der Waals surface area contributed by atoms with Crippen LogP contribution in [0.15, 0.2) is 0 Å². The SMILES string of the molecule is CC(=O)N(C)C[C@@H](C)N(C)C(C)=O. The number of likely N-dealkylation sites (N-methyl/N-ethyl adjacent to an activating group) is 2. The van der Waals surface area contributed by atoms with E-state index in [-0.39, 0.29) is 17.9 Å². The molecule has 0 fully saturated rings. The van der Waals surface area contributed by atoms with Gasteiger partial charge in [-0.15, -0.1) is 0 Å². The summed E-state index contributed by atoms with van der Waals surface area (Å²) in [4.78, 5) is 25.1. The minimum atomic E-state index is 0.0174. The lowest BCUT2D eigenvalue weighted by Crippen LogP contribution is -2.42. The molecule has 0 saturated carbocycles. The highest BCUT2D eigenvalue weighted by Crippen LogP contribution is 1.98. The molecule has 0 rings (SSSR count). The Balaban J connectivity index is 4.06. The Morgan fingerprint density at radius 3 is 1.92 bits per heavy atom. The Bertz CT molecular complexity index is 204. The monoisotopic (exact) mass is 186 g/mol. The Kier molecular flexibility index (Phi) is 4.45. The molecule has 76 valence electrons. The third-order valence-electron chi connectivity index (χ3n) is 2.23. The summed E-state index contributed by atoms with van der Waals surface area (Å²) in [7, 11) is 3.47. The average Bonchev–Trinajstić information content (AvgIpc) is 2.02. The van der Waals surface area contributed by atoms with Crippen LogP contribution in [-0.4, -0.2) is 48.3 Å². The molecule has 0 aliphatic carbocycles. The molecular weight excluding hydrogens is 168 g/mol. The minimum Gasteiger partial charge on any atom is -0.344 e. The predicted octanol–water partition coefficient (Wildman–Crippen LogP) is 0.331. The van der Waals surface area contributed by atoms with Crippen molar-refractivity contribution in [1.82, 2.24) is 9.80 Å². The van der Waals surface area contributed by atoms with Crippen molar-refractivity contribution >= 4 is 11.8 Å². The number of hydrogen-bond acceptors (Lipinski definition) is 2. The zero-order valence-corrected chi connectivity index (χ0v) is 9.00. The number of carbonyl (C=O) groups excluding carboxylic acids is 2. The molecule has 0 bridgehead atoms. The first kappa shape index (κ1) is 11.9. The van der Waals surface area contributed by atoms with Crippen LogP contribution in [0.3, 0.4) is 0 Å². The van der Waals surface area contributed by atoms with E-state index in [4.69, 9.17) is 0 Å². The molecule has 0 unspecified atom stereocenters. The van der Waals surface area contributed by atoms with Crippen LogP contribution in [0.25, 0.3) is 0 Å². The second-order valence-electron chi connectivity index (χ2n) is 3.38. The normalized spacial score (nSPS) is 12.1. The van der Waals surface area contributed by atoms with E-state index in [0.717, 1.165) is 0 Å². The van der Waals surface area contributed by atoms with Crippen molar-refractivity contribution in [2.45, 2.75) is 26.8 Å². The molecule has 0 N–H and O–H groups in total. The largest absolute Gasteiger partial charge is 0.344 e. The van der Waals surface area contributed by atoms with Crippen molar-refractivity contribution in [3.8, 4) is 0 Å². The third-order valence-corrected chi connectivity index (χ3v) is 2.23. The molecule has 4 nitrogen and oxygen atoms in total. The van der Waals surface area contributed by atoms with Gasteiger partial charge in [0.2, 0.25) is 11.8 Å². The Morgan fingerprint density at radius 2 is 1.62 bits per heavy atom. The second-order valence-corrected chi connectivity index (χ2v) is 3.38. The smallest absolute Gasteiger partial charge is 0.219 e. The molecule has 0 aromatic rings. The summed E-state index contributed by atoms with van der Waals surface area (Å²) in [6, 6.07) is 0.0615. The predicted molar refractivity (Wildman–Crippen MR) is 51.2 cm³/mol. The summed E-state index contributed by atoms with van der Waals surface area (Å²) in [5.74, 6) is 0.0354. The van der Waals surface area contributed by atoms with Crippen LogP contribution in [-0.2, 0) is 9.59 Å². The van der Waals surface area contributed by atoms with Crippen molar-refractivity contribution in [3.63, 3.8) is 0 Å². The van der Waals surface area contributed by atoms with Crippen LogP contribution in [0, 0.1) is 0 Å². The lowest BCUT2D eigenvalue weighted by molar-refractivity contribution is -0.133. The number of nitrogens with zero attached hydrogens (tertiary/aromatic N) is 2. The third kappa shape index (κ3) is 3.92. The molecule has 0 aliphatic rings. The summed E-state index contributed by atoms with van der Waals surface area (Å²) in [5, 5.41) is 0. The molecule has 0 aromatic carbocycles. The molecule has 0 saturated heterocycles. The second kappa shape index (κ2) is 4.84. The fraction of sp³-hybridized carbons (Fsp3) is 0.778. The van der Waals surface area contributed by atoms with Crippen LogP contribution < -0.4 is 0 Å². The van der Waals surface area contributed by atoms with E-state index in [1.165, 1.54) is 13.8 Å². The van der Waals surface area contributed by atoms with Gasteiger partial charge >= 0.3 is 0 Å². The number of rotatable bonds is 3. The Morgan fingerprint density at radius 1 is 1.15 bits per heavy atom. The molecule has 0 heterocycles. The van der Waals surface area contributed by atoms with Crippen LogP contribution in [0.1, 0.15) is 20.8 Å². The van der Waals surface area contributed by atoms with Gasteiger partial charge in [-0.3, -0.25) is 9.59 Å². The van der Waals surface area contributed by atoms with Gasteiger partial charge in [-0.05, 0) is 6.92 Å². The van der Waals surface area contributed by atoms with E-state index >= 15 is 0 Å². The standard InChI is InChI=1S/C9H18N2O2/c1-7(11(5)9(3)13)6-10(4)8(2)12/h7H,6H2,1-5H3/t7-/m1/s1. The summed E-state index contributed by atoms with van der Waals surface area (Å²) in [5.41, 5.74) is 0. The average molecular weight is 186 g/mol. The fourth-order valence-electron chi connectivity index (χ4n) is 0.958. The van der Waals surface area contributed by atoms with Crippen LogP contribution >= 0.6 is 0 Å². The molecular formula is C9H18N2O2. The van der Waals surface area contributed by atoms with E-state index in [1.807, 2.05) is 6.92 Å². The van der Waals surface area contributed by atoms with Crippen molar-refractivity contribution in [3.05, 3.63) is 0 Å². The highest BCUT2D eigenvalue weighted by molar-refractivity contribution is 5.74. The van der Waals surface area contributed by atoms with Crippen molar-refractivity contribution in [2.24, 2.45) is 0 Å². The summed E-state index contributed by atoms with van der Waals surface area (Å²) >= 11 is 0. The zero-order chi connectivity index (χ0) is 10.6. The first-order valence-electron chi connectivity index (χ1n) is 4.31. The maximum absolute atomic E-state index is 11.0. The molecule has 0 radical (unpaired) electrons. The van der Waals surface area contributed by atoms with Gasteiger partial charge in [0.15, 0.2) is 0 Å². The molecule has 0 spiro atoms. The highest BCUT2D eigenvalue weighted by Gasteiger charge is 2.14. The zero-order valence-electron chi connectivity index (χ0n) is 9.00. The van der Waals surface area contributed by atoms with Crippen LogP contribution in [0.4, 0.5) is 0 Å². The molecule has 2 amide bonds. The maximum atomic E-state index is 11.0. The lowest BCUT2D eigenvalue weighted by atomic mass is 10.3. The van der Waals surface area contributed by atoms with Gasteiger partial charge in [-0.2, -0.15) is 0 Å². The first-order valence-corrected chi connectivity index (χ1v) is 4.31. The molecule has 0 aliphatic heterocycles. The van der Waals surface area contributed by atoms with Gasteiger partial charge in [0.1, 0.15) is 0 Å². The summed E-state index contributed by atoms with van der Waals surface area (Å²) in [6.07, 6.45) is 0. The van der Waals surface area contributed by atoms with Crippen molar-refractivity contribution in [1.29, 1.82) is 0 Å². The number of carbonyl (C=O) groups is 2. The lowest BCUT2D eigenvalue weighted by Gasteiger charge is -2.27. The minimum absolute atomic E-state index is 0.0174. The van der Waals surface area contributed by atoms with E-state index in [0.29, 0.717) is 6.54 Å². The van der Waals surface area contributed by atoms with Gasteiger partial charge in [-0.25, -0.2) is 0 Å². The molecule has 1 atom stereocenters. The van der Waals surface area contributed by atoms with Gasteiger partial charge in [-0.1, -0.05) is 0 Å². The fourth-order valence-corrected chi connectivity index (χ4v) is 0.958. The number of amides is 2. The van der Waals surface area contributed by atoms with Gasteiger partial charge in [0, 0.05) is 40.5 Å². The quantitative estimate of drug-likeness (QED) is 0.637.